The number of thiocarbonyl (C=S) groups is 1. The molecule has 0 atom stereocenters. The molecular formula is C14H15N3OS. The summed E-state index contributed by atoms with van der Waals surface area (Å²) in [5.41, 5.74) is 8.85. The number of aliphatic hydroxyl groups excluding tert-OH is 1. The fourth-order valence-electron chi connectivity index (χ4n) is 1.61. The van der Waals surface area contributed by atoms with Crippen LogP contribution in [0, 0.1) is 0 Å². The second-order valence-corrected chi connectivity index (χ2v) is 4.47. The van der Waals surface area contributed by atoms with Crippen LogP contribution in [0.25, 0.3) is 0 Å². The summed E-state index contributed by atoms with van der Waals surface area (Å²) in [6, 6.07) is 14.8. The topological polar surface area (TPSA) is 70.3 Å². The molecule has 0 radical (unpaired) electrons. The quantitative estimate of drug-likeness (QED) is 0.511. The number of aliphatic hydroxyl groups is 1. The molecule has 2 rings (SSSR count). The third kappa shape index (κ3) is 3.94. The predicted octanol–water partition coefficient (Wildman–Crippen LogP) is 2.57. The van der Waals surface area contributed by atoms with Crippen LogP contribution >= 0.6 is 12.2 Å². The molecule has 0 aliphatic carbocycles. The summed E-state index contributed by atoms with van der Waals surface area (Å²) >= 11 is 5.21. The van der Waals surface area contributed by atoms with Crippen molar-refractivity contribution in [3.8, 4) is 0 Å². The molecule has 2 aromatic rings. The van der Waals surface area contributed by atoms with Crippen molar-refractivity contribution in [2.75, 3.05) is 16.4 Å². The summed E-state index contributed by atoms with van der Waals surface area (Å²) in [5, 5.41) is 15.7. The number of anilines is 3. The number of nitrogens with one attached hydrogen (secondary N) is 2. The standard InChI is InChI=1S/C14H15N3OS/c15-11-4-6-12(7-5-11)16-14(19)17-13-3-1-2-10(8-13)9-18/h1-8,18H,9,15H2,(H2,16,17,19). The van der Waals surface area contributed by atoms with Gasteiger partial charge in [0, 0.05) is 17.1 Å². The third-order valence-electron chi connectivity index (χ3n) is 2.54. The van der Waals surface area contributed by atoms with Gasteiger partial charge in [0.2, 0.25) is 0 Å². The number of nitrogen functional groups attached to an aromatic ring is 1. The van der Waals surface area contributed by atoms with Gasteiger partial charge in [-0.2, -0.15) is 0 Å². The van der Waals surface area contributed by atoms with Gasteiger partial charge in [-0.3, -0.25) is 0 Å². The second kappa shape index (κ2) is 6.17. The Labute approximate surface area is 117 Å². The average molecular weight is 273 g/mol. The van der Waals surface area contributed by atoms with Crippen LogP contribution in [0.15, 0.2) is 48.5 Å². The van der Waals surface area contributed by atoms with Crippen LogP contribution in [-0.4, -0.2) is 10.2 Å². The van der Waals surface area contributed by atoms with Gasteiger partial charge in [-0.25, -0.2) is 0 Å². The molecule has 0 saturated heterocycles. The molecule has 0 fully saturated rings. The molecule has 0 aliphatic heterocycles. The van der Waals surface area contributed by atoms with E-state index in [1.807, 2.05) is 36.4 Å². The van der Waals surface area contributed by atoms with Crippen LogP contribution in [0.4, 0.5) is 17.1 Å². The van der Waals surface area contributed by atoms with Crippen molar-refractivity contribution in [1.29, 1.82) is 0 Å². The van der Waals surface area contributed by atoms with Crippen LogP contribution in [0.1, 0.15) is 5.56 Å². The summed E-state index contributed by atoms with van der Waals surface area (Å²) in [6.07, 6.45) is 0. The molecular weight excluding hydrogens is 258 g/mol. The van der Waals surface area contributed by atoms with Crippen molar-refractivity contribution < 1.29 is 5.11 Å². The Balaban J connectivity index is 1.99. The first-order valence-electron chi connectivity index (χ1n) is 5.81. The van der Waals surface area contributed by atoms with Crippen LogP contribution < -0.4 is 16.4 Å². The molecule has 19 heavy (non-hydrogen) atoms. The summed E-state index contributed by atoms with van der Waals surface area (Å²) in [4.78, 5) is 0. The van der Waals surface area contributed by atoms with Crippen molar-refractivity contribution in [3.05, 3.63) is 54.1 Å². The van der Waals surface area contributed by atoms with E-state index < -0.39 is 0 Å². The molecule has 0 aliphatic rings. The molecule has 0 unspecified atom stereocenters. The largest absolute Gasteiger partial charge is 0.399 e. The van der Waals surface area contributed by atoms with Crippen molar-refractivity contribution in [2.45, 2.75) is 6.61 Å². The van der Waals surface area contributed by atoms with Gasteiger partial charge >= 0.3 is 0 Å². The number of rotatable bonds is 3. The van der Waals surface area contributed by atoms with Gasteiger partial charge in [-0.15, -0.1) is 0 Å². The number of hydrogen-bond donors (Lipinski definition) is 4. The van der Waals surface area contributed by atoms with Crippen molar-refractivity contribution in [1.82, 2.24) is 0 Å². The molecule has 0 aromatic heterocycles. The van der Waals surface area contributed by atoms with Crippen LogP contribution in [0.2, 0.25) is 0 Å². The van der Waals surface area contributed by atoms with E-state index in [0.29, 0.717) is 10.8 Å². The summed E-state index contributed by atoms with van der Waals surface area (Å²) in [7, 11) is 0. The van der Waals surface area contributed by atoms with E-state index in [-0.39, 0.29) is 6.61 Å². The van der Waals surface area contributed by atoms with Crippen molar-refractivity contribution in [2.24, 2.45) is 0 Å². The molecule has 0 heterocycles. The first-order valence-corrected chi connectivity index (χ1v) is 6.21. The molecule has 0 spiro atoms. The lowest BCUT2D eigenvalue weighted by Gasteiger charge is -2.11. The number of hydrogen-bond acceptors (Lipinski definition) is 3. The van der Waals surface area contributed by atoms with Crippen molar-refractivity contribution >= 4 is 34.4 Å². The predicted molar refractivity (Wildman–Crippen MR) is 83.1 cm³/mol. The van der Waals surface area contributed by atoms with E-state index in [9.17, 15) is 0 Å². The lowest BCUT2D eigenvalue weighted by atomic mass is 10.2. The first kappa shape index (κ1) is 13.3. The fourth-order valence-corrected chi connectivity index (χ4v) is 1.84. The Morgan fingerprint density at radius 2 is 1.74 bits per heavy atom. The Bertz CT molecular complexity index is 569. The highest BCUT2D eigenvalue weighted by atomic mass is 32.1. The Morgan fingerprint density at radius 1 is 1.05 bits per heavy atom. The maximum atomic E-state index is 9.07. The third-order valence-corrected chi connectivity index (χ3v) is 2.74. The lowest BCUT2D eigenvalue weighted by Crippen LogP contribution is -2.19. The van der Waals surface area contributed by atoms with Gasteiger partial charge in [0.25, 0.3) is 0 Å². The number of nitrogens with two attached hydrogens (primary N) is 1. The maximum Gasteiger partial charge on any atom is 0.175 e. The summed E-state index contributed by atoms with van der Waals surface area (Å²) < 4.78 is 0. The van der Waals surface area contributed by atoms with E-state index >= 15 is 0 Å². The Morgan fingerprint density at radius 3 is 2.42 bits per heavy atom. The molecule has 0 saturated carbocycles. The van der Waals surface area contributed by atoms with Crippen LogP contribution in [-0.2, 0) is 6.61 Å². The van der Waals surface area contributed by atoms with Gasteiger partial charge in [-0.1, -0.05) is 12.1 Å². The zero-order valence-corrected chi connectivity index (χ0v) is 11.1. The highest BCUT2D eigenvalue weighted by Crippen LogP contribution is 2.13. The van der Waals surface area contributed by atoms with E-state index in [2.05, 4.69) is 10.6 Å². The Hall–Kier alpha value is -2.11. The summed E-state index contributed by atoms with van der Waals surface area (Å²) in [6.45, 7) is 0.00761. The zero-order chi connectivity index (χ0) is 13.7. The molecule has 0 bridgehead atoms. The van der Waals surface area contributed by atoms with Crippen LogP contribution in [0.5, 0.6) is 0 Å². The minimum Gasteiger partial charge on any atom is -0.399 e. The monoisotopic (exact) mass is 273 g/mol. The SMILES string of the molecule is Nc1ccc(NC(=S)Nc2cccc(CO)c2)cc1. The molecule has 5 heteroatoms. The molecule has 98 valence electrons. The van der Waals surface area contributed by atoms with Gasteiger partial charge in [-0.05, 0) is 54.2 Å². The zero-order valence-electron chi connectivity index (χ0n) is 10.3. The van der Waals surface area contributed by atoms with E-state index in [1.54, 1.807) is 12.1 Å². The van der Waals surface area contributed by atoms with E-state index in [0.717, 1.165) is 16.9 Å². The van der Waals surface area contributed by atoms with Gasteiger partial charge < -0.3 is 21.5 Å². The molecule has 4 nitrogen and oxygen atoms in total. The number of benzene rings is 2. The van der Waals surface area contributed by atoms with E-state index in [4.69, 9.17) is 23.1 Å². The van der Waals surface area contributed by atoms with Gasteiger partial charge in [0.1, 0.15) is 0 Å². The normalized spacial score (nSPS) is 9.95. The fraction of sp³-hybridized carbons (Fsp3) is 0.0714. The smallest absolute Gasteiger partial charge is 0.175 e. The summed E-state index contributed by atoms with van der Waals surface area (Å²) in [5.74, 6) is 0. The second-order valence-electron chi connectivity index (χ2n) is 4.06. The highest BCUT2D eigenvalue weighted by molar-refractivity contribution is 7.80. The minimum atomic E-state index is 0.00761. The van der Waals surface area contributed by atoms with Crippen molar-refractivity contribution in [3.63, 3.8) is 0 Å². The van der Waals surface area contributed by atoms with Gasteiger partial charge in [0.15, 0.2) is 5.11 Å². The molecule has 0 amide bonds. The Kier molecular flexibility index (Phi) is 4.33. The minimum absolute atomic E-state index is 0.00761. The molecule has 5 N–H and O–H groups in total. The van der Waals surface area contributed by atoms with Crippen LogP contribution in [0.3, 0.4) is 0 Å². The van der Waals surface area contributed by atoms with Gasteiger partial charge in [0.05, 0.1) is 6.61 Å². The van der Waals surface area contributed by atoms with E-state index in [1.165, 1.54) is 0 Å². The maximum absolute atomic E-state index is 9.07. The average Bonchev–Trinajstić information content (AvgIpc) is 2.41. The molecule has 2 aromatic carbocycles. The lowest BCUT2D eigenvalue weighted by molar-refractivity contribution is 0.282. The first-order chi connectivity index (χ1) is 9.17. The highest BCUT2D eigenvalue weighted by Gasteiger charge is 2.00.